The third-order valence-electron chi connectivity index (χ3n) is 19.4. The molecule has 0 unspecified atom stereocenters. The van der Waals surface area contributed by atoms with E-state index in [0.717, 1.165) is 10.2 Å². The third-order valence-corrected chi connectivity index (χ3v) is 19.9. The molecule has 18 aromatic carbocycles. The number of aromatic nitrogens is 2. The summed E-state index contributed by atoms with van der Waals surface area (Å²) < 4.78 is 3.53. The van der Waals surface area contributed by atoms with E-state index in [1.807, 2.05) is 0 Å². The van der Waals surface area contributed by atoms with Crippen molar-refractivity contribution in [3.8, 4) is 50.2 Å². The Kier molecular flexibility index (Phi) is 13.7. The molecule has 0 bridgehead atoms. The van der Waals surface area contributed by atoms with Crippen molar-refractivity contribution in [2.45, 2.75) is 0 Å². The van der Waals surface area contributed by atoms with Crippen LogP contribution >= 0.6 is 15.9 Å². The van der Waals surface area contributed by atoms with Gasteiger partial charge < -0.3 is 9.55 Å². The highest BCUT2D eigenvalue weighted by Gasteiger charge is 2.20. The average molecular weight is 1270 g/mol. The molecule has 20 rings (SSSR count). The Hall–Kier alpha value is -11.9. The zero-order valence-corrected chi connectivity index (χ0v) is 53.4. The molecular formula is C92H59BrN2. The highest BCUT2D eigenvalue weighted by atomic mass is 79.9. The normalized spacial score (nSPS) is 11.6. The van der Waals surface area contributed by atoms with Gasteiger partial charge in [-0.15, -0.1) is 0 Å². The van der Waals surface area contributed by atoms with Crippen molar-refractivity contribution in [2.24, 2.45) is 0 Å². The number of nitrogens with zero attached hydrogens (tertiary/aromatic N) is 1. The van der Waals surface area contributed by atoms with Crippen molar-refractivity contribution >= 4 is 146 Å². The van der Waals surface area contributed by atoms with Crippen LogP contribution in [0.1, 0.15) is 0 Å². The van der Waals surface area contributed by atoms with Crippen LogP contribution in [0, 0.1) is 0 Å². The molecule has 20 aromatic rings. The number of benzene rings is 18. The molecule has 0 aliphatic rings. The average Bonchev–Trinajstić information content (AvgIpc) is 1.25. The smallest absolute Gasteiger partial charge is 0.0547 e. The summed E-state index contributed by atoms with van der Waals surface area (Å²) in [6, 6.07) is 127. The first-order chi connectivity index (χ1) is 47.1. The number of rotatable bonds is 5. The summed E-state index contributed by atoms with van der Waals surface area (Å²) in [6.45, 7) is 0. The quantitative estimate of drug-likeness (QED) is 0.166. The van der Waals surface area contributed by atoms with Gasteiger partial charge in [0.15, 0.2) is 0 Å². The second-order valence-corrected chi connectivity index (χ2v) is 25.7. The number of para-hydroxylation sites is 2. The SMILES string of the molecule is Brc1ccc(-c2c3ccccc3c(-c3ccccc3)c3ccccc23)cc1.c1ccc(-c2c3ccccc3c(-c3ccc(-n4c5ccccc5c5c6cc7ccccc7cc6ccc54)cc3)c3ccccc23)cc1.c1ccc2cc3c(ccc4[nH]c5ccccc5c43)cc2c1. The fourth-order valence-corrected chi connectivity index (χ4v) is 15.5. The van der Waals surface area contributed by atoms with Crippen LogP contribution in [-0.4, -0.2) is 9.55 Å². The van der Waals surface area contributed by atoms with E-state index in [1.165, 1.54) is 174 Å². The van der Waals surface area contributed by atoms with Crippen LogP contribution in [0.25, 0.3) is 180 Å². The van der Waals surface area contributed by atoms with Crippen LogP contribution in [0.15, 0.2) is 356 Å². The second-order valence-electron chi connectivity index (χ2n) is 24.8. The maximum Gasteiger partial charge on any atom is 0.0547 e. The van der Waals surface area contributed by atoms with Crippen molar-refractivity contribution in [1.82, 2.24) is 9.55 Å². The van der Waals surface area contributed by atoms with E-state index in [9.17, 15) is 0 Å². The van der Waals surface area contributed by atoms with Gasteiger partial charge in [-0.1, -0.05) is 295 Å². The van der Waals surface area contributed by atoms with Gasteiger partial charge in [-0.25, -0.2) is 0 Å². The number of hydrogen-bond donors (Lipinski definition) is 1. The third kappa shape index (κ3) is 9.62. The fraction of sp³-hybridized carbons (Fsp3) is 0. The molecule has 444 valence electrons. The maximum atomic E-state index is 3.56. The van der Waals surface area contributed by atoms with Crippen molar-refractivity contribution in [1.29, 1.82) is 0 Å². The summed E-state index contributed by atoms with van der Waals surface area (Å²) in [5.41, 5.74) is 16.2. The summed E-state index contributed by atoms with van der Waals surface area (Å²) in [7, 11) is 0. The van der Waals surface area contributed by atoms with Gasteiger partial charge in [0.1, 0.15) is 0 Å². The number of aromatic amines is 1. The minimum atomic E-state index is 1.10. The van der Waals surface area contributed by atoms with Gasteiger partial charge in [0.05, 0.1) is 11.0 Å². The lowest BCUT2D eigenvalue weighted by atomic mass is 9.86. The molecule has 0 spiro atoms. The van der Waals surface area contributed by atoms with E-state index in [4.69, 9.17) is 0 Å². The van der Waals surface area contributed by atoms with Crippen molar-refractivity contribution in [3.05, 3.63) is 356 Å². The Morgan fingerprint density at radius 2 is 0.558 bits per heavy atom. The van der Waals surface area contributed by atoms with Crippen LogP contribution in [0.2, 0.25) is 0 Å². The number of H-pyrrole nitrogens is 1. The van der Waals surface area contributed by atoms with E-state index in [2.05, 4.69) is 377 Å². The molecule has 2 heterocycles. The molecule has 0 atom stereocenters. The monoisotopic (exact) mass is 1270 g/mol. The first-order valence-electron chi connectivity index (χ1n) is 32.6. The van der Waals surface area contributed by atoms with Crippen LogP contribution in [0.5, 0.6) is 0 Å². The Labute approximate surface area is 558 Å². The summed E-state index contributed by atoms with van der Waals surface area (Å²) in [4.78, 5) is 3.52. The van der Waals surface area contributed by atoms with E-state index in [1.54, 1.807) is 0 Å². The molecule has 95 heavy (non-hydrogen) atoms. The molecule has 0 amide bonds. The van der Waals surface area contributed by atoms with Crippen LogP contribution < -0.4 is 0 Å². The minimum absolute atomic E-state index is 1.10. The number of fused-ring (bicyclic) bond motifs is 16. The Morgan fingerprint density at radius 3 is 1.02 bits per heavy atom. The predicted octanol–water partition coefficient (Wildman–Crippen LogP) is 26.4. The lowest BCUT2D eigenvalue weighted by molar-refractivity contribution is 1.18. The lowest BCUT2D eigenvalue weighted by Crippen LogP contribution is -1.94. The molecule has 0 aliphatic heterocycles. The second kappa shape index (κ2) is 23.4. The standard InChI is InChI=1S/C46H29N.C26H17Br.C20H13N/c1-2-12-30(13-3-1)44-36-16-6-8-18-38(36)45(39-19-9-7-17-37(39)44)31-22-25-35(26-23-31)47-42-21-11-10-20-40(42)46-41-29-33-15-5-4-14-32(33)28-34(41)24-27-43(46)47;27-20-16-14-19(15-17-20)26-23-12-6-4-10-21(23)25(18-8-2-1-3-9-18)22-11-5-7-13-24(22)26;1-2-6-14-12-17-15(11-13(14)5-1)9-10-19-20(17)16-7-3-4-8-18(16)21-19/h1-29H;1-17H;1-12,21H. The first kappa shape index (κ1) is 55.9. The summed E-state index contributed by atoms with van der Waals surface area (Å²) in [5, 5.41) is 25.8. The van der Waals surface area contributed by atoms with E-state index >= 15 is 0 Å². The van der Waals surface area contributed by atoms with Crippen LogP contribution in [0.3, 0.4) is 0 Å². The molecule has 2 aromatic heterocycles. The van der Waals surface area contributed by atoms with Gasteiger partial charge >= 0.3 is 0 Å². The van der Waals surface area contributed by atoms with Crippen molar-refractivity contribution < 1.29 is 0 Å². The van der Waals surface area contributed by atoms with Gasteiger partial charge in [0, 0.05) is 42.7 Å². The van der Waals surface area contributed by atoms with Crippen molar-refractivity contribution in [3.63, 3.8) is 0 Å². The summed E-state index contributed by atoms with van der Waals surface area (Å²) >= 11 is 3.56. The molecule has 0 aliphatic carbocycles. The van der Waals surface area contributed by atoms with Gasteiger partial charge in [0.2, 0.25) is 0 Å². The summed E-state index contributed by atoms with van der Waals surface area (Å²) in [6.07, 6.45) is 0. The maximum absolute atomic E-state index is 3.56. The number of nitrogens with one attached hydrogen (secondary N) is 1. The van der Waals surface area contributed by atoms with E-state index in [0.29, 0.717) is 0 Å². The molecule has 0 saturated heterocycles. The van der Waals surface area contributed by atoms with Crippen LogP contribution in [0.4, 0.5) is 0 Å². The molecule has 2 nitrogen and oxygen atoms in total. The Morgan fingerprint density at radius 1 is 0.211 bits per heavy atom. The van der Waals surface area contributed by atoms with Gasteiger partial charge in [-0.3, -0.25) is 0 Å². The van der Waals surface area contributed by atoms with Gasteiger partial charge in [-0.2, -0.15) is 0 Å². The molecule has 1 N–H and O–H groups in total. The predicted molar refractivity (Wildman–Crippen MR) is 413 cm³/mol. The minimum Gasteiger partial charge on any atom is -0.354 e. The topological polar surface area (TPSA) is 20.7 Å². The fourth-order valence-electron chi connectivity index (χ4n) is 15.2. The van der Waals surface area contributed by atoms with E-state index in [-0.39, 0.29) is 0 Å². The number of halogens is 1. The lowest BCUT2D eigenvalue weighted by Gasteiger charge is -2.18. The molecule has 0 radical (unpaired) electrons. The zero-order valence-electron chi connectivity index (χ0n) is 51.8. The molecule has 0 saturated carbocycles. The Balaban J connectivity index is 0.000000116. The number of hydrogen-bond acceptors (Lipinski definition) is 0. The van der Waals surface area contributed by atoms with Crippen molar-refractivity contribution in [2.75, 3.05) is 0 Å². The summed E-state index contributed by atoms with van der Waals surface area (Å²) in [5.74, 6) is 0. The highest BCUT2D eigenvalue weighted by molar-refractivity contribution is 9.10. The molecule has 0 fully saturated rings. The molecular weight excluding hydrogens is 1210 g/mol. The zero-order chi connectivity index (χ0) is 62.9. The highest BCUT2D eigenvalue weighted by Crippen LogP contribution is 2.47. The molecule has 3 heteroatoms. The van der Waals surface area contributed by atoms with Gasteiger partial charge in [0.25, 0.3) is 0 Å². The first-order valence-corrected chi connectivity index (χ1v) is 33.4. The Bertz CT molecular complexity index is 6270. The van der Waals surface area contributed by atoms with Gasteiger partial charge in [-0.05, 0) is 203 Å². The largest absolute Gasteiger partial charge is 0.354 e. The van der Waals surface area contributed by atoms with Crippen LogP contribution in [-0.2, 0) is 0 Å². The van der Waals surface area contributed by atoms with E-state index < -0.39 is 0 Å².